The number of esters is 1. The van der Waals surface area contributed by atoms with Crippen LogP contribution in [0.4, 0.5) is 0 Å². The van der Waals surface area contributed by atoms with E-state index in [1.54, 1.807) is 47.6 Å². The molecule has 28 heavy (non-hydrogen) atoms. The second-order valence-corrected chi connectivity index (χ2v) is 6.82. The first-order valence-corrected chi connectivity index (χ1v) is 9.01. The second kappa shape index (κ2) is 7.85. The Balaban J connectivity index is 1.31. The van der Waals surface area contributed by atoms with E-state index in [1.807, 2.05) is 0 Å². The van der Waals surface area contributed by atoms with Gasteiger partial charge in [0.2, 0.25) is 11.7 Å². The number of aromatic nitrogens is 2. The molecule has 0 saturated carbocycles. The molecule has 3 heterocycles. The zero-order valence-electron chi connectivity index (χ0n) is 14.7. The highest BCUT2D eigenvalue weighted by molar-refractivity contribution is 6.30. The van der Waals surface area contributed by atoms with Gasteiger partial charge in [-0.25, -0.2) is 0 Å². The fourth-order valence-electron chi connectivity index (χ4n) is 2.95. The molecule has 4 rings (SSSR count). The van der Waals surface area contributed by atoms with Gasteiger partial charge in [-0.15, -0.1) is 0 Å². The quantitative estimate of drug-likeness (QED) is 0.585. The fraction of sp³-hybridized carbons (Fsp3) is 0.263. The first kappa shape index (κ1) is 18.2. The van der Waals surface area contributed by atoms with Gasteiger partial charge in [0.15, 0.2) is 6.61 Å². The van der Waals surface area contributed by atoms with Crippen LogP contribution in [0.15, 0.2) is 51.6 Å². The second-order valence-electron chi connectivity index (χ2n) is 6.38. The normalized spacial score (nSPS) is 16.5. The van der Waals surface area contributed by atoms with Crippen molar-refractivity contribution >= 4 is 23.5 Å². The van der Waals surface area contributed by atoms with Crippen LogP contribution < -0.4 is 0 Å². The number of furan rings is 1. The highest BCUT2D eigenvalue weighted by Crippen LogP contribution is 2.23. The van der Waals surface area contributed by atoms with Crippen molar-refractivity contribution in [2.24, 2.45) is 5.92 Å². The molecule has 0 unspecified atom stereocenters. The predicted octanol–water partition coefficient (Wildman–Crippen LogP) is 3.07. The summed E-state index contributed by atoms with van der Waals surface area (Å²) in [4.78, 5) is 30.2. The van der Waals surface area contributed by atoms with Gasteiger partial charge in [-0.2, -0.15) is 4.98 Å². The van der Waals surface area contributed by atoms with E-state index in [-0.39, 0.29) is 31.4 Å². The maximum atomic E-state index is 12.3. The van der Waals surface area contributed by atoms with Gasteiger partial charge >= 0.3 is 5.97 Å². The topological polar surface area (TPSA) is 98.7 Å². The molecule has 1 aliphatic heterocycles. The number of hydrogen-bond acceptors (Lipinski definition) is 7. The average Bonchev–Trinajstić information content (AvgIpc) is 3.43. The monoisotopic (exact) mass is 401 g/mol. The zero-order valence-corrected chi connectivity index (χ0v) is 15.5. The molecule has 8 nitrogen and oxygen atoms in total. The van der Waals surface area contributed by atoms with Crippen LogP contribution in [0.25, 0.3) is 11.4 Å². The van der Waals surface area contributed by atoms with Crippen LogP contribution in [-0.2, 0) is 27.5 Å². The minimum absolute atomic E-state index is 0.110. The highest BCUT2D eigenvalue weighted by Gasteiger charge is 2.35. The van der Waals surface area contributed by atoms with Crippen molar-refractivity contribution in [2.45, 2.75) is 19.6 Å². The van der Waals surface area contributed by atoms with E-state index in [4.69, 9.17) is 25.3 Å². The van der Waals surface area contributed by atoms with Gasteiger partial charge in [0.1, 0.15) is 5.76 Å². The van der Waals surface area contributed by atoms with Gasteiger partial charge in [-0.1, -0.05) is 16.8 Å². The Morgan fingerprint density at radius 3 is 2.86 bits per heavy atom. The van der Waals surface area contributed by atoms with Crippen LogP contribution in [0.1, 0.15) is 18.1 Å². The summed E-state index contributed by atoms with van der Waals surface area (Å²) >= 11 is 5.86. The summed E-state index contributed by atoms with van der Waals surface area (Å²) in [7, 11) is 0. The lowest BCUT2D eigenvalue weighted by Crippen LogP contribution is -2.26. The number of carbonyl (C=O) groups excluding carboxylic acids is 2. The summed E-state index contributed by atoms with van der Waals surface area (Å²) in [5.74, 6) is 0.116. The smallest absolute Gasteiger partial charge is 0.311 e. The van der Waals surface area contributed by atoms with E-state index < -0.39 is 11.9 Å². The Bertz CT molecular complexity index is 968. The molecule has 1 aromatic carbocycles. The third-order valence-electron chi connectivity index (χ3n) is 4.38. The zero-order chi connectivity index (χ0) is 19.5. The van der Waals surface area contributed by atoms with Crippen molar-refractivity contribution in [3.8, 4) is 11.4 Å². The van der Waals surface area contributed by atoms with Crippen molar-refractivity contribution in [1.82, 2.24) is 15.0 Å². The first-order valence-electron chi connectivity index (χ1n) is 8.64. The van der Waals surface area contributed by atoms with Gasteiger partial charge < -0.3 is 18.6 Å². The molecule has 1 atom stereocenters. The number of benzene rings is 1. The molecule has 1 aliphatic rings. The summed E-state index contributed by atoms with van der Waals surface area (Å²) in [6, 6.07) is 10.5. The molecule has 9 heteroatoms. The maximum absolute atomic E-state index is 12.3. The van der Waals surface area contributed by atoms with Crippen LogP contribution in [-0.4, -0.2) is 33.5 Å². The van der Waals surface area contributed by atoms with E-state index in [1.165, 1.54) is 0 Å². The summed E-state index contributed by atoms with van der Waals surface area (Å²) in [5, 5.41) is 4.47. The third kappa shape index (κ3) is 4.07. The molecule has 0 aliphatic carbocycles. The number of ether oxygens (including phenoxy) is 1. The molecule has 144 valence electrons. The van der Waals surface area contributed by atoms with Crippen LogP contribution in [0, 0.1) is 5.92 Å². The highest BCUT2D eigenvalue weighted by atomic mass is 35.5. The molecule has 1 fully saturated rings. The summed E-state index contributed by atoms with van der Waals surface area (Å²) in [6.07, 6.45) is 1.66. The van der Waals surface area contributed by atoms with Gasteiger partial charge in [0.05, 0.1) is 18.7 Å². The lowest BCUT2D eigenvalue weighted by Gasteiger charge is -2.14. The number of carbonyl (C=O) groups is 2. The van der Waals surface area contributed by atoms with Gasteiger partial charge in [0.25, 0.3) is 5.89 Å². The largest absolute Gasteiger partial charge is 0.467 e. The number of rotatable bonds is 6. The number of halogens is 1. The van der Waals surface area contributed by atoms with Crippen molar-refractivity contribution < 1.29 is 23.3 Å². The van der Waals surface area contributed by atoms with E-state index in [9.17, 15) is 9.59 Å². The standard InChI is InChI=1S/C19H16ClN3O5/c20-14-5-3-12(4-6-14)18-21-16(28-22-18)11-27-19(25)13-8-17(24)23(9-13)10-15-2-1-7-26-15/h1-7,13H,8-11H2/t13-/m0/s1. The van der Waals surface area contributed by atoms with E-state index in [0.717, 1.165) is 5.56 Å². The summed E-state index contributed by atoms with van der Waals surface area (Å²) < 4.78 is 15.6. The SMILES string of the molecule is O=C(OCc1nc(-c2ccc(Cl)cc2)no1)[C@H]1CC(=O)N(Cc2ccco2)C1. The van der Waals surface area contributed by atoms with Gasteiger partial charge in [-0.3, -0.25) is 9.59 Å². The molecule has 1 amide bonds. The molecule has 0 radical (unpaired) electrons. The average molecular weight is 402 g/mol. The molecular weight excluding hydrogens is 386 g/mol. The molecule has 1 saturated heterocycles. The Morgan fingerprint density at radius 1 is 1.29 bits per heavy atom. The minimum Gasteiger partial charge on any atom is -0.467 e. The Kier molecular flexibility index (Phi) is 5.12. The van der Waals surface area contributed by atoms with Crippen molar-refractivity contribution in [3.05, 3.63) is 59.3 Å². The summed E-state index contributed by atoms with van der Waals surface area (Å²) in [5.41, 5.74) is 0.737. The summed E-state index contributed by atoms with van der Waals surface area (Å²) in [6.45, 7) is 0.476. The maximum Gasteiger partial charge on any atom is 0.311 e. The molecule has 3 aromatic rings. The number of likely N-dealkylation sites (tertiary alicyclic amines) is 1. The van der Waals surface area contributed by atoms with Crippen molar-refractivity contribution in [1.29, 1.82) is 0 Å². The number of hydrogen-bond donors (Lipinski definition) is 0. The van der Waals surface area contributed by atoms with Crippen LogP contribution in [0.5, 0.6) is 0 Å². The number of amides is 1. The molecule has 0 bridgehead atoms. The minimum atomic E-state index is -0.527. The van der Waals surface area contributed by atoms with E-state index in [2.05, 4.69) is 10.1 Å². The molecule has 0 N–H and O–H groups in total. The van der Waals surface area contributed by atoms with E-state index >= 15 is 0 Å². The Morgan fingerprint density at radius 2 is 2.11 bits per heavy atom. The Labute approximate surface area is 165 Å². The molecule has 2 aromatic heterocycles. The lowest BCUT2D eigenvalue weighted by molar-refractivity contribution is -0.150. The third-order valence-corrected chi connectivity index (χ3v) is 4.64. The molecule has 0 spiro atoms. The van der Waals surface area contributed by atoms with Crippen LogP contribution >= 0.6 is 11.6 Å². The van der Waals surface area contributed by atoms with Crippen LogP contribution in [0.2, 0.25) is 5.02 Å². The first-order chi connectivity index (χ1) is 13.6. The predicted molar refractivity (Wildman–Crippen MR) is 96.8 cm³/mol. The van der Waals surface area contributed by atoms with Crippen molar-refractivity contribution in [3.63, 3.8) is 0 Å². The number of nitrogens with zero attached hydrogens (tertiary/aromatic N) is 3. The van der Waals surface area contributed by atoms with Crippen LogP contribution in [0.3, 0.4) is 0 Å². The molecular formula is C19H16ClN3O5. The lowest BCUT2D eigenvalue weighted by atomic mass is 10.1. The van der Waals surface area contributed by atoms with E-state index in [0.29, 0.717) is 23.2 Å². The van der Waals surface area contributed by atoms with Gasteiger partial charge in [0, 0.05) is 23.6 Å². The van der Waals surface area contributed by atoms with Crippen molar-refractivity contribution in [2.75, 3.05) is 6.54 Å². The fourth-order valence-corrected chi connectivity index (χ4v) is 3.08. The Hall–Kier alpha value is -3.13. The van der Waals surface area contributed by atoms with Gasteiger partial charge in [-0.05, 0) is 36.4 Å².